The van der Waals surface area contributed by atoms with Gasteiger partial charge < -0.3 is 5.32 Å². The van der Waals surface area contributed by atoms with Crippen molar-refractivity contribution in [3.8, 4) is 0 Å². The third-order valence-corrected chi connectivity index (χ3v) is 7.34. The topological polar surface area (TPSA) is 12.0 Å². The van der Waals surface area contributed by atoms with Crippen LogP contribution in [0.25, 0.3) is 0 Å². The molecule has 0 saturated carbocycles. The van der Waals surface area contributed by atoms with E-state index in [1.807, 2.05) is 11.8 Å². The summed E-state index contributed by atoms with van der Waals surface area (Å²) in [5.41, 5.74) is 9.49. The Balaban J connectivity index is 1.66. The number of hydrogen-bond acceptors (Lipinski definition) is 2. The standard InChI is InChI=1S/C24H31NS/c1-17-7-5-8-18-11-13-24(21(17)18)14-12-19-9-6-10-20(22(19)24)25-15-16-26-23(2,3)4/h5-10,25H,11-16H2,1-4H3/t24-/m1/s1. The molecule has 138 valence electrons. The van der Waals surface area contributed by atoms with Crippen molar-refractivity contribution in [1.82, 2.24) is 0 Å². The Morgan fingerprint density at radius 1 is 0.962 bits per heavy atom. The van der Waals surface area contributed by atoms with Crippen LogP contribution in [0.15, 0.2) is 36.4 Å². The first-order valence-electron chi connectivity index (χ1n) is 10.00. The quantitative estimate of drug-likeness (QED) is 0.655. The largest absolute Gasteiger partial charge is 0.384 e. The molecule has 1 spiro atoms. The lowest BCUT2D eigenvalue weighted by Crippen LogP contribution is -2.24. The van der Waals surface area contributed by atoms with Gasteiger partial charge in [0, 0.05) is 28.1 Å². The van der Waals surface area contributed by atoms with E-state index in [1.54, 1.807) is 22.3 Å². The molecule has 2 aliphatic carbocycles. The fraction of sp³-hybridized carbons (Fsp3) is 0.500. The van der Waals surface area contributed by atoms with Crippen molar-refractivity contribution in [3.05, 3.63) is 64.2 Å². The van der Waals surface area contributed by atoms with E-state index < -0.39 is 0 Å². The Hall–Kier alpha value is -1.41. The number of anilines is 1. The molecule has 0 aromatic heterocycles. The van der Waals surface area contributed by atoms with E-state index in [2.05, 4.69) is 69.4 Å². The molecular formula is C24H31NS. The van der Waals surface area contributed by atoms with Gasteiger partial charge >= 0.3 is 0 Å². The maximum absolute atomic E-state index is 3.80. The first-order chi connectivity index (χ1) is 12.4. The number of rotatable bonds is 4. The molecule has 0 aliphatic heterocycles. The highest BCUT2D eigenvalue weighted by Crippen LogP contribution is 2.55. The predicted molar refractivity (Wildman–Crippen MR) is 116 cm³/mol. The molecule has 0 saturated heterocycles. The Morgan fingerprint density at radius 2 is 1.62 bits per heavy atom. The summed E-state index contributed by atoms with van der Waals surface area (Å²) in [6.45, 7) is 10.2. The van der Waals surface area contributed by atoms with E-state index in [4.69, 9.17) is 0 Å². The highest BCUT2D eigenvalue weighted by atomic mass is 32.2. The molecular weight excluding hydrogens is 334 g/mol. The fourth-order valence-electron chi connectivity index (χ4n) is 5.13. The van der Waals surface area contributed by atoms with Gasteiger partial charge in [-0.1, -0.05) is 51.1 Å². The van der Waals surface area contributed by atoms with E-state index in [0.29, 0.717) is 4.75 Å². The Kier molecular flexibility index (Phi) is 4.59. The number of aryl methyl sites for hydroxylation is 3. The minimum atomic E-state index is 0.247. The molecule has 2 aromatic rings. The number of hydrogen-bond donors (Lipinski definition) is 1. The molecule has 0 amide bonds. The molecule has 0 heterocycles. The Bertz CT molecular complexity index is 813. The molecule has 1 atom stereocenters. The van der Waals surface area contributed by atoms with Crippen molar-refractivity contribution in [2.24, 2.45) is 0 Å². The predicted octanol–water partition coefficient (Wildman–Crippen LogP) is 6.12. The van der Waals surface area contributed by atoms with Crippen LogP contribution >= 0.6 is 11.8 Å². The number of fused-ring (bicyclic) bond motifs is 4. The average molecular weight is 366 g/mol. The normalized spacial score (nSPS) is 21.1. The van der Waals surface area contributed by atoms with Crippen LogP contribution in [-0.2, 0) is 18.3 Å². The molecule has 0 fully saturated rings. The van der Waals surface area contributed by atoms with Crippen LogP contribution in [0.2, 0.25) is 0 Å². The van der Waals surface area contributed by atoms with Gasteiger partial charge in [-0.15, -0.1) is 0 Å². The molecule has 1 nitrogen and oxygen atoms in total. The van der Waals surface area contributed by atoms with Gasteiger partial charge in [0.25, 0.3) is 0 Å². The van der Waals surface area contributed by atoms with E-state index in [9.17, 15) is 0 Å². The summed E-state index contributed by atoms with van der Waals surface area (Å²) in [5.74, 6) is 1.15. The third-order valence-electron chi connectivity index (χ3n) is 6.06. The van der Waals surface area contributed by atoms with Gasteiger partial charge in [0.1, 0.15) is 0 Å². The Morgan fingerprint density at radius 3 is 2.31 bits per heavy atom. The summed E-state index contributed by atoms with van der Waals surface area (Å²) in [4.78, 5) is 0. The van der Waals surface area contributed by atoms with Crippen LogP contribution < -0.4 is 5.32 Å². The van der Waals surface area contributed by atoms with Gasteiger partial charge in [-0.05, 0) is 66.5 Å². The van der Waals surface area contributed by atoms with E-state index >= 15 is 0 Å². The van der Waals surface area contributed by atoms with Crippen LogP contribution in [-0.4, -0.2) is 17.0 Å². The first-order valence-corrected chi connectivity index (χ1v) is 11.0. The number of nitrogens with one attached hydrogen (secondary N) is 1. The Labute approximate surface area is 163 Å². The van der Waals surface area contributed by atoms with Crippen LogP contribution in [0.5, 0.6) is 0 Å². The first kappa shape index (κ1) is 18.0. The molecule has 0 unspecified atom stereocenters. The van der Waals surface area contributed by atoms with Gasteiger partial charge in [0.2, 0.25) is 0 Å². The zero-order valence-electron chi connectivity index (χ0n) is 16.6. The third kappa shape index (κ3) is 3.07. The average Bonchev–Trinajstić information content (AvgIpc) is 3.15. The summed E-state index contributed by atoms with van der Waals surface area (Å²) in [6.07, 6.45) is 4.99. The fourth-order valence-corrected chi connectivity index (χ4v) is 5.95. The number of thioether (sulfide) groups is 1. The van der Waals surface area contributed by atoms with Gasteiger partial charge in [-0.2, -0.15) is 11.8 Å². The zero-order chi connectivity index (χ0) is 18.4. The molecule has 1 N–H and O–H groups in total. The SMILES string of the molecule is Cc1cccc2c1[C@@]1(CC2)CCc2cccc(NCCSC(C)(C)C)c21. The van der Waals surface area contributed by atoms with Gasteiger partial charge in [-0.25, -0.2) is 0 Å². The molecule has 2 aromatic carbocycles. The maximum atomic E-state index is 3.80. The van der Waals surface area contributed by atoms with Crippen molar-refractivity contribution in [1.29, 1.82) is 0 Å². The second-order valence-corrected chi connectivity index (χ2v) is 10.8. The van der Waals surface area contributed by atoms with Crippen LogP contribution in [0.4, 0.5) is 5.69 Å². The highest BCUT2D eigenvalue weighted by Gasteiger charge is 2.46. The second kappa shape index (κ2) is 6.64. The summed E-state index contributed by atoms with van der Waals surface area (Å²) in [5, 5.41) is 3.80. The van der Waals surface area contributed by atoms with Crippen LogP contribution in [0, 0.1) is 6.92 Å². The summed E-state index contributed by atoms with van der Waals surface area (Å²) < 4.78 is 0.336. The molecule has 4 rings (SSSR count). The molecule has 0 radical (unpaired) electrons. The zero-order valence-corrected chi connectivity index (χ0v) is 17.4. The lowest BCUT2D eigenvalue weighted by molar-refractivity contribution is 0.506. The second-order valence-electron chi connectivity index (χ2n) is 8.92. The number of benzene rings is 2. The molecule has 2 aliphatic rings. The smallest absolute Gasteiger partial charge is 0.0384 e. The summed E-state index contributed by atoms with van der Waals surface area (Å²) >= 11 is 2.04. The molecule has 26 heavy (non-hydrogen) atoms. The minimum absolute atomic E-state index is 0.247. The van der Waals surface area contributed by atoms with Crippen molar-refractivity contribution < 1.29 is 0 Å². The van der Waals surface area contributed by atoms with Crippen molar-refractivity contribution >= 4 is 17.4 Å². The monoisotopic (exact) mass is 365 g/mol. The molecule has 0 bridgehead atoms. The lowest BCUT2D eigenvalue weighted by Gasteiger charge is -2.30. The maximum Gasteiger partial charge on any atom is 0.0384 e. The van der Waals surface area contributed by atoms with Crippen LogP contribution in [0.1, 0.15) is 61.4 Å². The van der Waals surface area contributed by atoms with Crippen molar-refractivity contribution in [2.75, 3.05) is 17.6 Å². The van der Waals surface area contributed by atoms with E-state index in [1.165, 1.54) is 36.9 Å². The summed E-state index contributed by atoms with van der Waals surface area (Å²) in [7, 11) is 0. The minimum Gasteiger partial charge on any atom is -0.384 e. The van der Waals surface area contributed by atoms with Gasteiger partial charge in [0.05, 0.1) is 0 Å². The molecule has 2 heteroatoms. The summed E-state index contributed by atoms with van der Waals surface area (Å²) in [6, 6.07) is 13.8. The highest BCUT2D eigenvalue weighted by molar-refractivity contribution is 8.00. The van der Waals surface area contributed by atoms with E-state index in [-0.39, 0.29) is 5.41 Å². The van der Waals surface area contributed by atoms with Gasteiger partial charge in [-0.3, -0.25) is 0 Å². The van der Waals surface area contributed by atoms with Crippen molar-refractivity contribution in [3.63, 3.8) is 0 Å². The van der Waals surface area contributed by atoms with Crippen molar-refractivity contribution in [2.45, 2.75) is 63.5 Å². The van der Waals surface area contributed by atoms with Gasteiger partial charge in [0.15, 0.2) is 0 Å². The van der Waals surface area contributed by atoms with E-state index in [0.717, 1.165) is 12.3 Å². The van der Waals surface area contributed by atoms with Crippen LogP contribution in [0.3, 0.4) is 0 Å². The lowest BCUT2D eigenvalue weighted by atomic mass is 9.74.